The Bertz CT molecular complexity index is 353. The second-order valence-corrected chi connectivity index (χ2v) is 4.05. The van der Waals surface area contributed by atoms with Crippen molar-refractivity contribution in [2.24, 2.45) is 0 Å². The molecule has 4 heteroatoms. The number of hydrogen-bond acceptors (Lipinski definition) is 4. The van der Waals surface area contributed by atoms with Crippen LogP contribution in [0.3, 0.4) is 0 Å². The van der Waals surface area contributed by atoms with Crippen molar-refractivity contribution >= 4 is 0 Å². The first-order valence-corrected chi connectivity index (χ1v) is 6.96. The van der Waals surface area contributed by atoms with Crippen molar-refractivity contribution in [1.82, 2.24) is 5.32 Å². The normalized spacial score (nSPS) is 10.3. The fraction of sp³-hybridized carbons (Fsp3) is 0.600. The average Bonchev–Trinajstić information content (AvgIpc) is 2.39. The van der Waals surface area contributed by atoms with Crippen molar-refractivity contribution in [3.05, 3.63) is 17.7 Å². The van der Waals surface area contributed by atoms with Crippen LogP contribution < -0.4 is 19.5 Å². The van der Waals surface area contributed by atoms with Gasteiger partial charge in [0, 0.05) is 17.7 Å². The molecular weight excluding hydrogens is 242 g/mol. The highest BCUT2D eigenvalue weighted by Gasteiger charge is 2.13. The summed E-state index contributed by atoms with van der Waals surface area (Å²) in [5, 5.41) is 3.15. The molecule has 108 valence electrons. The van der Waals surface area contributed by atoms with Crippen LogP contribution in [0.4, 0.5) is 0 Å². The highest BCUT2D eigenvalue weighted by Crippen LogP contribution is 2.34. The number of rotatable bonds is 9. The Hall–Kier alpha value is -1.42. The van der Waals surface area contributed by atoms with Crippen molar-refractivity contribution in [3.63, 3.8) is 0 Å². The van der Waals surface area contributed by atoms with Crippen molar-refractivity contribution < 1.29 is 14.2 Å². The Morgan fingerprint density at radius 3 is 1.84 bits per heavy atom. The van der Waals surface area contributed by atoms with Gasteiger partial charge in [-0.15, -0.1) is 0 Å². The first-order chi connectivity index (χ1) is 9.26. The maximum absolute atomic E-state index is 5.72. The van der Waals surface area contributed by atoms with E-state index in [1.807, 2.05) is 40.0 Å². The lowest BCUT2D eigenvalue weighted by Crippen LogP contribution is -2.12. The molecule has 1 aromatic rings. The van der Waals surface area contributed by atoms with E-state index in [2.05, 4.69) is 5.32 Å². The molecule has 0 radical (unpaired) electrons. The number of benzene rings is 1. The zero-order valence-corrected chi connectivity index (χ0v) is 12.4. The van der Waals surface area contributed by atoms with E-state index in [9.17, 15) is 0 Å². The summed E-state index contributed by atoms with van der Waals surface area (Å²) in [6, 6.07) is 3.89. The summed E-state index contributed by atoms with van der Waals surface area (Å²) in [6.45, 7) is 8.71. The molecule has 19 heavy (non-hydrogen) atoms. The van der Waals surface area contributed by atoms with E-state index in [1.54, 1.807) is 0 Å². The van der Waals surface area contributed by atoms with Gasteiger partial charge in [-0.3, -0.25) is 0 Å². The SMILES string of the molecule is CCOc1cc(OCC)c(CCNC)c(OCC)c1. The predicted molar refractivity (Wildman–Crippen MR) is 77.6 cm³/mol. The van der Waals surface area contributed by atoms with E-state index in [4.69, 9.17) is 14.2 Å². The molecule has 0 aliphatic carbocycles. The lowest BCUT2D eigenvalue weighted by molar-refractivity contribution is 0.302. The molecule has 4 nitrogen and oxygen atoms in total. The molecule has 1 aromatic carbocycles. The number of hydrogen-bond donors (Lipinski definition) is 1. The van der Waals surface area contributed by atoms with Crippen molar-refractivity contribution in [3.8, 4) is 17.2 Å². The molecule has 0 atom stereocenters. The fourth-order valence-corrected chi connectivity index (χ4v) is 1.91. The minimum absolute atomic E-state index is 0.632. The maximum atomic E-state index is 5.72. The summed E-state index contributed by atoms with van der Waals surface area (Å²) in [4.78, 5) is 0. The van der Waals surface area contributed by atoms with Crippen molar-refractivity contribution in [1.29, 1.82) is 0 Å². The fourth-order valence-electron chi connectivity index (χ4n) is 1.91. The molecule has 0 heterocycles. The third kappa shape index (κ3) is 4.63. The first-order valence-electron chi connectivity index (χ1n) is 6.96. The standard InChI is InChI=1S/C15H25NO3/c1-5-17-12-10-14(18-6-2)13(8-9-16-4)15(11-12)19-7-3/h10-11,16H,5-9H2,1-4H3. The molecule has 0 spiro atoms. The first kappa shape index (κ1) is 15.6. The Balaban J connectivity index is 3.11. The van der Waals surface area contributed by atoms with Gasteiger partial charge < -0.3 is 19.5 Å². The van der Waals surface area contributed by atoms with E-state index in [-0.39, 0.29) is 0 Å². The quantitative estimate of drug-likeness (QED) is 0.746. The maximum Gasteiger partial charge on any atom is 0.129 e. The van der Waals surface area contributed by atoms with Crippen LogP contribution in [0.25, 0.3) is 0 Å². The Labute approximate surface area is 116 Å². The van der Waals surface area contributed by atoms with Gasteiger partial charge in [0.2, 0.25) is 0 Å². The molecule has 0 saturated heterocycles. The third-order valence-electron chi connectivity index (χ3n) is 2.68. The van der Waals surface area contributed by atoms with Crippen LogP contribution in [0.15, 0.2) is 12.1 Å². The Morgan fingerprint density at radius 1 is 0.895 bits per heavy atom. The highest BCUT2D eigenvalue weighted by atomic mass is 16.5. The van der Waals surface area contributed by atoms with Gasteiger partial charge in [0.05, 0.1) is 19.8 Å². The number of ether oxygens (including phenoxy) is 3. The monoisotopic (exact) mass is 267 g/mol. The molecule has 0 aromatic heterocycles. The molecule has 0 amide bonds. The van der Waals surface area contributed by atoms with Gasteiger partial charge in [0.15, 0.2) is 0 Å². The summed E-state index contributed by atoms with van der Waals surface area (Å²) in [5.41, 5.74) is 1.10. The zero-order chi connectivity index (χ0) is 14.1. The van der Waals surface area contributed by atoms with Gasteiger partial charge in [0.25, 0.3) is 0 Å². The van der Waals surface area contributed by atoms with Gasteiger partial charge in [0.1, 0.15) is 17.2 Å². The second kappa shape index (κ2) is 8.64. The van der Waals surface area contributed by atoms with Crippen molar-refractivity contribution in [2.45, 2.75) is 27.2 Å². The van der Waals surface area contributed by atoms with Crippen LogP contribution in [0.2, 0.25) is 0 Å². The molecule has 0 saturated carbocycles. The smallest absolute Gasteiger partial charge is 0.129 e. The van der Waals surface area contributed by atoms with Gasteiger partial charge in [-0.1, -0.05) is 0 Å². The minimum atomic E-state index is 0.632. The molecule has 1 rings (SSSR count). The molecule has 0 aliphatic rings. The van der Waals surface area contributed by atoms with E-state index in [0.717, 1.165) is 35.8 Å². The van der Waals surface area contributed by atoms with Crippen molar-refractivity contribution in [2.75, 3.05) is 33.4 Å². The minimum Gasteiger partial charge on any atom is -0.494 e. The van der Waals surface area contributed by atoms with Crippen LogP contribution in [0.1, 0.15) is 26.3 Å². The Morgan fingerprint density at radius 2 is 1.42 bits per heavy atom. The summed E-state index contributed by atoms with van der Waals surface area (Å²) in [6.07, 6.45) is 0.869. The molecule has 0 bridgehead atoms. The summed E-state index contributed by atoms with van der Waals surface area (Å²) in [7, 11) is 1.94. The van der Waals surface area contributed by atoms with E-state index < -0.39 is 0 Å². The lowest BCUT2D eigenvalue weighted by atomic mass is 10.1. The summed E-state index contributed by atoms with van der Waals surface area (Å²) in [5.74, 6) is 2.50. The van der Waals surface area contributed by atoms with Crippen LogP contribution in [-0.4, -0.2) is 33.4 Å². The topological polar surface area (TPSA) is 39.7 Å². The summed E-state index contributed by atoms with van der Waals surface area (Å²) < 4.78 is 17.0. The summed E-state index contributed by atoms with van der Waals surface area (Å²) >= 11 is 0. The largest absolute Gasteiger partial charge is 0.494 e. The second-order valence-electron chi connectivity index (χ2n) is 4.05. The van der Waals surface area contributed by atoms with E-state index >= 15 is 0 Å². The van der Waals surface area contributed by atoms with Gasteiger partial charge in [-0.05, 0) is 40.8 Å². The Kier molecular flexibility index (Phi) is 7.11. The van der Waals surface area contributed by atoms with Crippen LogP contribution >= 0.6 is 0 Å². The zero-order valence-electron chi connectivity index (χ0n) is 12.4. The number of likely N-dealkylation sites (N-methyl/N-ethyl adjacent to an activating group) is 1. The van der Waals surface area contributed by atoms with Crippen LogP contribution in [0.5, 0.6) is 17.2 Å². The molecule has 0 fully saturated rings. The van der Waals surface area contributed by atoms with E-state index in [1.165, 1.54) is 0 Å². The average molecular weight is 267 g/mol. The van der Waals surface area contributed by atoms with E-state index in [0.29, 0.717) is 19.8 Å². The lowest BCUT2D eigenvalue weighted by Gasteiger charge is -2.17. The third-order valence-corrected chi connectivity index (χ3v) is 2.68. The highest BCUT2D eigenvalue weighted by molar-refractivity contribution is 5.51. The van der Waals surface area contributed by atoms with Crippen LogP contribution in [-0.2, 0) is 6.42 Å². The van der Waals surface area contributed by atoms with Gasteiger partial charge in [-0.2, -0.15) is 0 Å². The van der Waals surface area contributed by atoms with Gasteiger partial charge in [-0.25, -0.2) is 0 Å². The van der Waals surface area contributed by atoms with Gasteiger partial charge >= 0.3 is 0 Å². The molecule has 0 unspecified atom stereocenters. The molecule has 1 N–H and O–H groups in total. The predicted octanol–water partition coefficient (Wildman–Crippen LogP) is 2.64. The number of nitrogens with one attached hydrogen (secondary N) is 1. The molecule has 0 aliphatic heterocycles. The van der Waals surface area contributed by atoms with Crippen LogP contribution in [0, 0.1) is 0 Å². The molecular formula is C15H25NO3.